The lowest BCUT2D eigenvalue weighted by molar-refractivity contribution is 0.426. The third-order valence-electron chi connectivity index (χ3n) is 3.73. The van der Waals surface area contributed by atoms with Gasteiger partial charge < -0.3 is 0 Å². The molecule has 0 radical (unpaired) electrons. The number of hydrogen-bond acceptors (Lipinski definition) is 0. The molecule has 0 saturated carbocycles. The fourth-order valence-corrected chi connectivity index (χ4v) is 2.70. The molecule has 0 amide bonds. The van der Waals surface area contributed by atoms with E-state index >= 15 is 0 Å². The Balaban J connectivity index is 3.08. The quantitative estimate of drug-likeness (QED) is 0.266. The summed E-state index contributed by atoms with van der Waals surface area (Å²) in [6.07, 6.45) is 17.9. The van der Waals surface area contributed by atoms with E-state index in [1.54, 1.807) is 0 Å². The molecule has 0 nitrogen and oxygen atoms in total. The van der Waals surface area contributed by atoms with Crippen molar-refractivity contribution in [3.63, 3.8) is 0 Å². The molecule has 0 spiro atoms. The molecular formula is C16H31I. The van der Waals surface area contributed by atoms with Gasteiger partial charge in [0, 0.05) is 0 Å². The monoisotopic (exact) mass is 350 g/mol. The molecule has 102 valence electrons. The Kier molecular flexibility index (Phi) is 14.9. The van der Waals surface area contributed by atoms with Crippen LogP contribution in [0.3, 0.4) is 0 Å². The predicted octanol–water partition coefficient (Wildman–Crippen LogP) is 6.88. The zero-order valence-corrected chi connectivity index (χ0v) is 14.0. The highest BCUT2D eigenvalue weighted by Gasteiger charge is 2.02. The molecule has 0 saturated heterocycles. The molecule has 0 N–H and O–H groups in total. The largest absolute Gasteiger partial charge is 0.0785 e. The van der Waals surface area contributed by atoms with Crippen molar-refractivity contribution in [3.05, 3.63) is 10.2 Å². The Morgan fingerprint density at radius 2 is 1.35 bits per heavy atom. The second-order valence-corrected chi connectivity index (χ2v) is 5.82. The second-order valence-electron chi connectivity index (χ2n) is 5.10. The van der Waals surface area contributed by atoms with E-state index in [0.717, 1.165) is 5.92 Å². The van der Waals surface area contributed by atoms with Gasteiger partial charge in [-0.25, -0.2) is 0 Å². The van der Waals surface area contributed by atoms with Gasteiger partial charge in [-0.15, -0.1) is 0 Å². The summed E-state index contributed by atoms with van der Waals surface area (Å²) in [5.41, 5.74) is 0. The summed E-state index contributed by atoms with van der Waals surface area (Å²) in [5.74, 6) is 0.995. The molecule has 0 unspecified atom stereocenters. The van der Waals surface area contributed by atoms with E-state index in [0.29, 0.717) is 0 Å². The number of unbranched alkanes of at least 4 members (excludes halogenated alkanes) is 7. The van der Waals surface area contributed by atoms with Gasteiger partial charge in [0.05, 0.1) is 0 Å². The normalized spacial score (nSPS) is 11.8. The van der Waals surface area contributed by atoms with Crippen LogP contribution in [-0.4, -0.2) is 0 Å². The fraction of sp³-hybridized carbons (Fsp3) is 0.875. The Hall–Kier alpha value is 0.470. The number of halogens is 1. The Morgan fingerprint density at radius 3 is 1.88 bits per heavy atom. The SMILES string of the molecule is CCC(CC)CCCCCCCCCC=CI. The number of hydrogen-bond donors (Lipinski definition) is 0. The minimum absolute atomic E-state index is 0.995. The first-order chi connectivity index (χ1) is 8.35. The van der Waals surface area contributed by atoms with Gasteiger partial charge in [-0.05, 0) is 22.8 Å². The number of allylic oxidation sites excluding steroid dienone is 1. The van der Waals surface area contributed by atoms with Crippen molar-refractivity contribution < 1.29 is 0 Å². The highest BCUT2D eigenvalue weighted by molar-refractivity contribution is 14.1. The minimum Gasteiger partial charge on any atom is -0.0785 e. The molecule has 0 bridgehead atoms. The molecular weight excluding hydrogens is 319 g/mol. The molecule has 0 aromatic carbocycles. The predicted molar refractivity (Wildman–Crippen MR) is 88.8 cm³/mol. The molecule has 0 rings (SSSR count). The maximum Gasteiger partial charge on any atom is -0.0274 e. The standard InChI is InChI=1S/C16H31I/c1-3-16(4-2)14-12-10-8-6-5-7-9-11-13-15-17/h13,15-16H,3-12,14H2,1-2H3. The van der Waals surface area contributed by atoms with E-state index < -0.39 is 0 Å². The molecule has 0 atom stereocenters. The van der Waals surface area contributed by atoms with Crippen LogP contribution in [0.25, 0.3) is 0 Å². The first-order valence-corrected chi connectivity index (χ1v) is 8.84. The van der Waals surface area contributed by atoms with E-state index in [9.17, 15) is 0 Å². The van der Waals surface area contributed by atoms with Crippen LogP contribution in [0.4, 0.5) is 0 Å². The van der Waals surface area contributed by atoms with Gasteiger partial charge in [0.15, 0.2) is 0 Å². The molecule has 0 aliphatic rings. The molecule has 0 fully saturated rings. The minimum atomic E-state index is 0.995. The lowest BCUT2D eigenvalue weighted by atomic mass is 9.95. The Morgan fingerprint density at radius 1 is 0.824 bits per heavy atom. The molecule has 0 heterocycles. The number of rotatable bonds is 12. The average Bonchev–Trinajstić information content (AvgIpc) is 2.36. The van der Waals surface area contributed by atoms with Crippen LogP contribution < -0.4 is 0 Å². The topological polar surface area (TPSA) is 0 Å². The highest BCUT2D eigenvalue weighted by atomic mass is 127. The van der Waals surface area contributed by atoms with E-state index in [1.807, 2.05) is 0 Å². The van der Waals surface area contributed by atoms with E-state index in [4.69, 9.17) is 0 Å². The van der Waals surface area contributed by atoms with Crippen molar-refractivity contribution in [2.45, 2.75) is 84.5 Å². The lowest BCUT2D eigenvalue weighted by Crippen LogP contribution is -1.96. The smallest absolute Gasteiger partial charge is 0.0274 e. The van der Waals surface area contributed by atoms with Crippen molar-refractivity contribution >= 4 is 22.6 Å². The van der Waals surface area contributed by atoms with Gasteiger partial charge in [-0.3, -0.25) is 0 Å². The Bertz CT molecular complexity index is 159. The molecule has 0 aliphatic heterocycles. The van der Waals surface area contributed by atoms with Gasteiger partial charge >= 0.3 is 0 Å². The average molecular weight is 350 g/mol. The Labute approximate surface area is 123 Å². The first kappa shape index (κ1) is 17.5. The zero-order valence-electron chi connectivity index (χ0n) is 11.9. The van der Waals surface area contributed by atoms with Crippen LogP contribution in [-0.2, 0) is 0 Å². The lowest BCUT2D eigenvalue weighted by Gasteiger charge is -2.11. The van der Waals surface area contributed by atoms with Crippen molar-refractivity contribution in [2.24, 2.45) is 5.92 Å². The maximum atomic E-state index is 2.33. The van der Waals surface area contributed by atoms with Crippen molar-refractivity contribution in [3.8, 4) is 0 Å². The molecule has 0 aliphatic carbocycles. The summed E-state index contributed by atoms with van der Waals surface area (Å²) in [6, 6.07) is 0. The van der Waals surface area contributed by atoms with Crippen LogP contribution in [0.1, 0.15) is 84.5 Å². The summed E-state index contributed by atoms with van der Waals surface area (Å²) >= 11 is 2.30. The summed E-state index contributed by atoms with van der Waals surface area (Å²) in [6.45, 7) is 4.66. The van der Waals surface area contributed by atoms with Crippen molar-refractivity contribution in [2.75, 3.05) is 0 Å². The van der Waals surface area contributed by atoms with E-state index in [1.165, 1.54) is 70.6 Å². The third-order valence-corrected chi connectivity index (χ3v) is 4.24. The molecule has 1 heteroatoms. The summed E-state index contributed by atoms with van der Waals surface area (Å²) in [5, 5.41) is 0. The first-order valence-electron chi connectivity index (χ1n) is 7.60. The van der Waals surface area contributed by atoms with Gasteiger partial charge in [-0.2, -0.15) is 0 Å². The molecule has 0 aromatic heterocycles. The van der Waals surface area contributed by atoms with Crippen molar-refractivity contribution in [1.29, 1.82) is 0 Å². The van der Waals surface area contributed by atoms with Gasteiger partial charge in [0.25, 0.3) is 0 Å². The maximum absolute atomic E-state index is 2.33. The van der Waals surface area contributed by atoms with Crippen LogP contribution >= 0.6 is 22.6 Å². The second kappa shape index (κ2) is 14.5. The summed E-state index contributed by atoms with van der Waals surface area (Å²) in [7, 11) is 0. The van der Waals surface area contributed by atoms with E-state index in [-0.39, 0.29) is 0 Å². The van der Waals surface area contributed by atoms with Crippen LogP contribution in [0.5, 0.6) is 0 Å². The molecule has 0 aromatic rings. The van der Waals surface area contributed by atoms with Crippen LogP contribution in [0, 0.1) is 5.92 Å². The fourth-order valence-electron chi connectivity index (χ4n) is 2.34. The van der Waals surface area contributed by atoms with Gasteiger partial charge in [-0.1, -0.05) is 100 Å². The zero-order chi connectivity index (χ0) is 12.8. The van der Waals surface area contributed by atoms with E-state index in [2.05, 4.69) is 46.6 Å². The van der Waals surface area contributed by atoms with Gasteiger partial charge in [0.2, 0.25) is 0 Å². The third kappa shape index (κ3) is 12.7. The summed E-state index contributed by atoms with van der Waals surface area (Å²) < 4.78 is 2.13. The highest BCUT2D eigenvalue weighted by Crippen LogP contribution is 2.17. The van der Waals surface area contributed by atoms with Crippen molar-refractivity contribution in [1.82, 2.24) is 0 Å². The van der Waals surface area contributed by atoms with Gasteiger partial charge in [0.1, 0.15) is 0 Å². The molecule has 17 heavy (non-hydrogen) atoms. The van der Waals surface area contributed by atoms with Crippen LogP contribution in [0.15, 0.2) is 10.2 Å². The van der Waals surface area contributed by atoms with Crippen LogP contribution in [0.2, 0.25) is 0 Å². The summed E-state index contributed by atoms with van der Waals surface area (Å²) in [4.78, 5) is 0.